The average Bonchev–Trinajstić information content (AvgIpc) is 2.81. The fourth-order valence-corrected chi connectivity index (χ4v) is 2.64. The van der Waals surface area contributed by atoms with Gasteiger partial charge < -0.3 is 15.1 Å². The van der Waals surface area contributed by atoms with Gasteiger partial charge in [-0.3, -0.25) is 9.59 Å². The standard InChI is InChI=1S/C17H25N3O2.ClH/c1-15(21)20(14-16-6-3-2-4-7-16)12-8-17(22)19-11-5-9-18-10-13-19;/h2-4,6-7,18H,5,8-14H2,1H3;1H. The average molecular weight is 340 g/mol. The van der Waals surface area contributed by atoms with Crippen molar-refractivity contribution in [1.82, 2.24) is 15.1 Å². The lowest BCUT2D eigenvalue weighted by Gasteiger charge is -2.24. The molecule has 1 heterocycles. The second-order valence-electron chi connectivity index (χ2n) is 5.66. The van der Waals surface area contributed by atoms with Gasteiger partial charge in [-0.15, -0.1) is 12.4 Å². The Morgan fingerprint density at radius 2 is 1.91 bits per heavy atom. The van der Waals surface area contributed by atoms with Gasteiger partial charge in [0.25, 0.3) is 0 Å². The summed E-state index contributed by atoms with van der Waals surface area (Å²) in [5.74, 6) is 0.150. The summed E-state index contributed by atoms with van der Waals surface area (Å²) in [5, 5.41) is 3.29. The number of carbonyl (C=O) groups excluding carboxylic acids is 2. The molecule has 2 amide bonds. The molecule has 0 unspecified atom stereocenters. The summed E-state index contributed by atoms with van der Waals surface area (Å²) >= 11 is 0. The van der Waals surface area contributed by atoms with Gasteiger partial charge in [-0.1, -0.05) is 30.3 Å². The maximum Gasteiger partial charge on any atom is 0.224 e. The Balaban J connectivity index is 0.00000264. The van der Waals surface area contributed by atoms with E-state index in [9.17, 15) is 9.59 Å². The number of carbonyl (C=O) groups is 2. The zero-order valence-corrected chi connectivity index (χ0v) is 14.5. The molecular formula is C17H26ClN3O2. The lowest BCUT2D eigenvalue weighted by molar-refractivity contribution is -0.133. The Kier molecular flexibility index (Phi) is 8.66. The van der Waals surface area contributed by atoms with Gasteiger partial charge in [0.15, 0.2) is 0 Å². The second-order valence-corrected chi connectivity index (χ2v) is 5.66. The number of hydrogen-bond acceptors (Lipinski definition) is 3. The monoisotopic (exact) mass is 339 g/mol. The Hall–Kier alpha value is -1.59. The molecule has 0 radical (unpaired) electrons. The molecule has 1 saturated heterocycles. The van der Waals surface area contributed by atoms with E-state index in [0.717, 1.165) is 38.2 Å². The molecule has 23 heavy (non-hydrogen) atoms. The van der Waals surface area contributed by atoms with Crippen molar-refractivity contribution in [1.29, 1.82) is 0 Å². The molecule has 128 valence electrons. The van der Waals surface area contributed by atoms with Crippen molar-refractivity contribution < 1.29 is 9.59 Å². The van der Waals surface area contributed by atoms with Gasteiger partial charge in [0, 0.05) is 46.1 Å². The molecule has 0 aliphatic carbocycles. The van der Waals surface area contributed by atoms with Gasteiger partial charge in [-0.25, -0.2) is 0 Å². The van der Waals surface area contributed by atoms with Gasteiger partial charge in [-0.2, -0.15) is 0 Å². The maximum atomic E-state index is 12.3. The van der Waals surface area contributed by atoms with Gasteiger partial charge in [-0.05, 0) is 18.5 Å². The van der Waals surface area contributed by atoms with Gasteiger partial charge in [0.05, 0.1) is 0 Å². The third kappa shape index (κ3) is 6.59. The lowest BCUT2D eigenvalue weighted by atomic mass is 10.2. The highest BCUT2D eigenvalue weighted by molar-refractivity contribution is 5.85. The smallest absolute Gasteiger partial charge is 0.224 e. The highest BCUT2D eigenvalue weighted by Gasteiger charge is 2.17. The third-order valence-electron chi connectivity index (χ3n) is 3.95. The summed E-state index contributed by atoms with van der Waals surface area (Å²) in [7, 11) is 0. The summed E-state index contributed by atoms with van der Waals surface area (Å²) in [6.45, 7) is 5.99. The largest absolute Gasteiger partial charge is 0.341 e. The molecule has 0 bridgehead atoms. The van der Waals surface area contributed by atoms with Crippen LogP contribution in [0.15, 0.2) is 30.3 Å². The highest BCUT2D eigenvalue weighted by Crippen LogP contribution is 2.07. The first kappa shape index (κ1) is 19.5. The molecule has 0 aromatic heterocycles. The van der Waals surface area contributed by atoms with E-state index in [0.29, 0.717) is 19.5 Å². The Bertz CT molecular complexity index is 488. The summed E-state index contributed by atoms with van der Waals surface area (Å²) in [6, 6.07) is 9.88. The van der Waals surface area contributed by atoms with Crippen LogP contribution in [0.2, 0.25) is 0 Å². The van der Waals surface area contributed by atoms with E-state index in [1.54, 1.807) is 11.8 Å². The van der Waals surface area contributed by atoms with Crippen molar-refractivity contribution in [2.75, 3.05) is 32.7 Å². The predicted molar refractivity (Wildman–Crippen MR) is 93.5 cm³/mol. The first-order chi connectivity index (χ1) is 10.7. The fraction of sp³-hybridized carbons (Fsp3) is 0.529. The number of nitrogens with zero attached hydrogens (tertiary/aromatic N) is 2. The number of nitrogens with one attached hydrogen (secondary N) is 1. The van der Waals surface area contributed by atoms with E-state index >= 15 is 0 Å². The van der Waals surface area contributed by atoms with Gasteiger partial charge in [0.2, 0.25) is 11.8 Å². The van der Waals surface area contributed by atoms with E-state index in [-0.39, 0.29) is 24.2 Å². The van der Waals surface area contributed by atoms with E-state index in [2.05, 4.69) is 5.32 Å². The van der Waals surface area contributed by atoms with Crippen LogP contribution in [0.25, 0.3) is 0 Å². The normalized spacial score (nSPS) is 14.6. The van der Waals surface area contributed by atoms with E-state index < -0.39 is 0 Å². The molecule has 1 aromatic carbocycles. The quantitative estimate of drug-likeness (QED) is 0.887. The first-order valence-electron chi connectivity index (χ1n) is 7.95. The van der Waals surface area contributed by atoms with Crippen molar-refractivity contribution in [3.8, 4) is 0 Å². The molecule has 1 aromatic rings. The molecule has 2 rings (SSSR count). The van der Waals surface area contributed by atoms with E-state index in [4.69, 9.17) is 0 Å². The zero-order valence-electron chi connectivity index (χ0n) is 13.7. The van der Waals surface area contributed by atoms with Gasteiger partial charge >= 0.3 is 0 Å². The van der Waals surface area contributed by atoms with Crippen LogP contribution in [0.1, 0.15) is 25.3 Å². The van der Waals surface area contributed by atoms with Crippen LogP contribution in [-0.4, -0.2) is 54.3 Å². The minimum absolute atomic E-state index is 0. The minimum atomic E-state index is 0. The van der Waals surface area contributed by atoms with Crippen LogP contribution in [0.5, 0.6) is 0 Å². The summed E-state index contributed by atoms with van der Waals surface area (Å²) < 4.78 is 0. The van der Waals surface area contributed by atoms with Crippen molar-refractivity contribution in [2.24, 2.45) is 0 Å². The van der Waals surface area contributed by atoms with Crippen LogP contribution in [0.3, 0.4) is 0 Å². The Morgan fingerprint density at radius 1 is 1.17 bits per heavy atom. The molecule has 1 fully saturated rings. The predicted octanol–water partition coefficient (Wildman–Crippen LogP) is 1.67. The summed E-state index contributed by atoms with van der Waals surface area (Å²) in [6.07, 6.45) is 1.39. The van der Waals surface area contributed by atoms with Crippen molar-refractivity contribution in [3.63, 3.8) is 0 Å². The topological polar surface area (TPSA) is 52.7 Å². The van der Waals surface area contributed by atoms with Crippen LogP contribution in [0, 0.1) is 0 Å². The molecule has 5 nitrogen and oxygen atoms in total. The molecule has 0 atom stereocenters. The maximum absolute atomic E-state index is 12.3. The second kappa shape index (κ2) is 10.2. The molecule has 1 aliphatic rings. The van der Waals surface area contributed by atoms with E-state index in [1.807, 2.05) is 35.2 Å². The minimum Gasteiger partial charge on any atom is -0.341 e. The number of benzene rings is 1. The van der Waals surface area contributed by atoms with Crippen LogP contribution in [-0.2, 0) is 16.1 Å². The molecule has 0 spiro atoms. The van der Waals surface area contributed by atoms with Crippen molar-refractivity contribution in [3.05, 3.63) is 35.9 Å². The summed E-state index contributed by atoms with van der Waals surface area (Å²) in [5.41, 5.74) is 1.09. The van der Waals surface area contributed by atoms with Gasteiger partial charge in [0.1, 0.15) is 0 Å². The fourth-order valence-electron chi connectivity index (χ4n) is 2.64. The molecule has 6 heteroatoms. The molecule has 1 aliphatic heterocycles. The van der Waals surface area contributed by atoms with Crippen molar-refractivity contribution >= 4 is 24.2 Å². The van der Waals surface area contributed by atoms with Crippen molar-refractivity contribution in [2.45, 2.75) is 26.3 Å². The molecule has 1 N–H and O–H groups in total. The lowest BCUT2D eigenvalue weighted by Crippen LogP contribution is -2.37. The highest BCUT2D eigenvalue weighted by atomic mass is 35.5. The summed E-state index contributed by atoms with van der Waals surface area (Å²) in [4.78, 5) is 27.7. The third-order valence-corrected chi connectivity index (χ3v) is 3.95. The van der Waals surface area contributed by atoms with E-state index in [1.165, 1.54) is 0 Å². The van der Waals surface area contributed by atoms with Crippen LogP contribution >= 0.6 is 12.4 Å². The Morgan fingerprint density at radius 3 is 2.61 bits per heavy atom. The zero-order chi connectivity index (χ0) is 15.8. The van der Waals surface area contributed by atoms with Crippen LogP contribution < -0.4 is 5.32 Å². The number of amides is 2. The van der Waals surface area contributed by atoms with Crippen LogP contribution in [0.4, 0.5) is 0 Å². The number of hydrogen-bond donors (Lipinski definition) is 1. The number of rotatable bonds is 5. The number of halogens is 1. The molecular weight excluding hydrogens is 314 g/mol. The molecule has 0 saturated carbocycles. The Labute approximate surface area is 144 Å². The first-order valence-corrected chi connectivity index (χ1v) is 7.95. The SMILES string of the molecule is CC(=O)N(CCC(=O)N1CCCNCC1)Cc1ccccc1.Cl.